The van der Waals surface area contributed by atoms with E-state index in [4.69, 9.17) is 14.0 Å². The van der Waals surface area contributed by atoms with Gasteiger partial charge in [-0.1, -0.05) is 27.2 Å². The molecule has 122 valence electrons. The van der Waals surface area contributed by atoms with Crippen molar-refractivity contribution in [3.05, 3.63) is 40.6 Å². The van der Waals surface area contributed by atoms with Gasteiger partial charge in [0.15, 0.2) is 12.4 Å². The maximum absolute atomic E-state index is 11.6. The van der Waals surface area contributed by atoms with E-state index in [1.54, 1.807) is 25.1 Å². The van der Waals surface area contributed by atoms with Crippen molar-refractivity contribution in [1.29, 1.82) is 0 Å². The summed E-state index contributed by atoms with van der Waals surface area (Å²) in [5, 5.41) is 6.05. The molecule has 0 fully saturated rings. The number of rotatable bonds is 7. The van der Waals surface area contributed by atoms with Gasteiger partial charge in [0.25, 0.3) is 5.91 Å². The Morgan fingerprint density at radius 3 is 2.87 bits per heavy atom. The lowest BCUT2D eigenvalue weighted by Crippen LogP contribution is -2.21. The quantitative estimate of drug-likeness (QED) is 0.740. The molecule has 0 aliphatic carbocycles. The van der Waals surface area contributed by atoms with Gasteiger partial charge in [0, 0.05) is 10.5 Å². The summed E-state index contributed by atoms with van der Waals surface area (Å²) in [4.78, 5) is 23.1. The second-order valence-electron chi connectivity index (χ2n) is 4.59. The molecular weight excluding hydrogens is 368 g/mol. The predicted octanol–water partition coefficient (Wildman–Crippen LogP) is 2.70. The summed E-state index contributed by atoms with van der Waals surface area (Å²) < 4.78 is 15.9. The highest BCUT2D eigenvalue weighted by molar-refractivity contribution is 9.10. The third kappa shape index (κ3) is 6.11. The molecule has 1 aromatic heterocycles. The number of aryl methyl sites for hydroxylation is 1. The summed E-state index contributed by atoms with van der Waals surface area (Å²) >= 11 is 3.32. The third-order valence-corrected chi connectivity index (χ3v) is 3.12. The van der Waals surface area contributed by atoms with Gasteiger partial charge < -0.3 is 19.3 Å². The number of ether oxygens (including phenoxy) is 2. The molecule has 0 saturated carbocycles. The van der Waals surface area contributed by atoms with Gasteiger partial charge in [-0.25, -0.2) is 0 Å². The topological polar surface area (TPSA) is 90.7 Å². The summed E-state index contributed by atoms with van der Waals surface area (Å²) in [5.74, 6) is 0.487. The lowest BCUT2D eigenvalue weighted by atomic mass is 10.3. The van der Waals surface area contributed by atoms with Gasteiger partial charge in [0.05, 0.1) is 13.0 Å². The Kier molecular flexibility index (Phi) is 6.16. The number of hydrogen-bond donors (Lipinski definition) is 1. The first-order valence-corrected chi connectivity index (χ1v) is 7.59. The molecule has 0 aliphatic rings. The minimum atomic E-state index is -0.522. The van der Waals surface area contributed by atoms with Crippen LogP contribution < -0.4 is 10.1 Å². The first-order chi connectivity index (χ1) is 11.0. The van der Waals surface area contributed by atoms with E-state index in [2.05, 4.69) is 26.4 Å². The molecule has 1 N–H and O–H groups in total. The maximum atomic E-state index is 11.6. The summed E-state index contributed by atoms with van der Waals surface area (Å²) in [5.41, 5.74) is 0. The van der Waals surface area contributed by atoms with Gasteiger partial charge in [-0.3, -0.25) is 9.59 Å². The lowest BCUT2D eigenvalue weighted by molar-refractivity contribution is -0.147. The number of nitrogens with zero attached hydrogens (tertiary/aromatic N) is 1. The molecule has 0 radical (unpaired) electrons. The van der Waals surface area contributed by atoms with E-state index in [1.165, 1.54) is 0 Å². The van der Waals surface area contributed by atoms with Crippen molar-refractivity contribution in [2.75, 3.05) is 18.5 Å². The zero-order chi connectivity index (χ0) is 16.7. The molecule has 0 spiro atoms. The summed E-state index contributed by atoms with van der Waals surface area (Å²) in [6.07, 6.45) is 0.0445. The third-order valence-electron chi connectivity index (χ3n) is 2.63. The second kappa shape index (κ2) is 8.33. The monoisotopic (exact) mass is 382 g/mol. The average Bonchev–Trinajstić information content (AvgIpc) is 2.90. The van der Waals surface area contributed by atoms with Crippen LogP contribution in [0.2, 0.25) is 0 Å². The molecule has 1 aromatic carbocycles. The molecule has 0 unspecified atom stereocenters. The van der Waals surface area contributed by atoms with Crippen LogP contribution in [0.25, 0.3) is 0 Å². The zero-order valence-electron chi connectivity index (χ0n) is 12.4. The average molecular weight is 383 g/mol. The fourth-order valence-corrected chi connectivity index (χ4v) is 2.01. The van der Waals surface area contributed by atoms with Crippen molar-refractivity contribution >= 4 is 33.6 Å². The van der Waals surface area contributed by atoms with E-state index in [0.717, 1.165) is 4.47 Å². The standard InChI is InChI=1S/C15H15BrN2O5/c1-10-7-13(18-23-10)17-14(19)9-22-15(20)5-6-21-12-4-2-3-11(16)8-12/h2-4,7-8H,5-6,9H2,1H3,(H,17,18,19). The van der Waals surface area contributed by atoms with Crippen LogP contribution in [0.4, 0.5) is 5.82 Å². The number of halogens is 1. The Bertz CT molecular complexity index is 686. The Morgan fingerprint density at radius 2 is 2.17 bits per heavy atom. The fraction of sp³-hybridized carbons (Fsp3) is 0.267. The molecule has 0 bridgehead atoms. The van der Waals surface area contributed by atoms with Gasteiger partial charge in [-0.2, -0.15) is 0 Å². The molecule has 0 atom stereocenters. The SMILES string of the molecule is Cc1cc(NC(=O)COC(=O)CCOc2cccc(Br)c2)no1. The summed E-state index contributed by atoms with van der Waals surface area (Å²) in [7, 11) is 0. The number of carbonyl (C=O) groups excluding carboxylic acids is 2. The highest BCUT2D eigenvalue weighted by atomic mass is 79.9. The number of aromatic nitrogens is 1. The molecular formula is C15H15BrN2O5. The first-order valence-electron chi connectivity index (χ1n) is 6.80. The Hall–Kier alpha value is -2.35. The molecule has 8 heteroatoms. The van der Waals surface area contributed by atoms with E-state index in [0.29, 0.717) is 11.5 Å². The normalized spacial score (nSPS) is 10.2. The van der Waals surface area contributed by atoms with Crippen molar-refractivity contribution in [1.82, 2.24) is 5.16 Å². The minimum Gasteiger partial charge on any atom is -0.493 e. The van der Waals surface area contributed by atoms with E-state index < -0.39 is 11.9 Å². The van der Waals surface area contributed by atoms with Crippen LogP contribution in [0.5, 0.6) is 5.75 Å². The van der Waals surface area contributed by atoms with Crippen molar-refractivity contribution in [3.8, 4) is 5.75 Å². The van der Waals surface area contributed by atoms with Crippen molar-refractivity contribution in [2.24, 2.45) is 0 Å². The van der Waals surface area contributed by atoms with Crippen LogP contribution in [-0.2, 0) is 14.3 Å². The maximum Gasteiger partial charge on any atom is 0.309 e. The molecule has 0 saturated heterocycles. The molecule has 7 nitrogen and oxygen atoms in total. The highest BCUT2D eigenvalue weighted by Gasteiger charge is 2.10. The molecule has 0 aliphatic heterocycles. The molecule has 1 heterocycles. The molecule has 2 aromatic rings. The Morgan fingerprint density at radius 1 is 1.35 bits per heavy atom. The number of hydrogen-bond acceptors (Lipinski definition) is 6. The lowest BCUT2D eigenvalue weighted by Gasteiger charge is -2.07. The van der Waals surface area contributed by atoms with Gasteiger partial charge in [0.1, 0.15) is 11.5 Å². The van der Waals surface area contributed by atoms with Crippen molar-refractivity contribution in [2.45, 2.75) is 13.3 Å². The molecule has 2 rings (SSSR count). The van der Waals surface area contributed by atoms with Crippen LogP contribution in [0.15, 0.2) is 39.3 Å². The van der Waals surface area contributed by atoms with E-state index in [-0.39, 0.29) is 25.5 Å². The zero-order valence-corrected chi connectivity index (χ0v) is 14.0. The molecule has 1 amide bonds. The Balaban J connectivity index is 1.64. The predicted molar refractivity (Wildman–Crippen MR) is 85.1 cm³/mol. The fourth-order valence-electron chi connectivity index (χ4n) is 1.63. The minimum absolute atomic E-state index is 0.0445. The van der Waals surface area contributed by atoms with Crippen molar-refractivity contribution < 1.29 is 23.6 Å². The second-order valence-corrected chi connectivity index (χ2v) is 5.50. The highest BCUT2D eigenvalue weighted by Crippen LogP contribution is 2.17. The van der Waals surface area contributed by atoms with Gasteiger partial charge in [-0.05, 0) is 25.1 Å². The van der Waals surface area contributed by atoms with Gasteiger partial charge in [-0.15, -0.1) is 0 Å². The van der Waals surface area contributed by atoms with E-state index in [1.807, 2.05) is 12.1 Å². The van der Waals surface area contributed by atoms with Crippen LogP contribution >= 0.6 is 15.9 Å². The van der Waals surface area contributed by atoms with Crippen LogP contribution in [0.3, 0.4) is 0 Å². The smallest absolute Gasteiger partial charge is 0.309 e. The first kappa shape index (κ1) is 17.0. The largest absolute Gasteiger partial charge is 0.493 e. The number of amides is 1. The number of carbonyl (C=O) groups is 2. The van der Waals surface area contributed by atoms with Gasteiger partial charge >= 0.3 is 5.97 Å². The number of esters is 1. The van der Waals surface area contributed by atoms with E-state index >= 15 is 0 Å². The number of anilines is 1. The van der Waals surface area contributed by atoms with Crippen LogP contribution in [0.1, 0.15) is 12.2 Å². The Labute approximate surface area is 141 Å². The number of benzene rings is 1. The van der Waals surface area contributed by atoms with Crippen LogP contribution in [0, 0.1) is 6.92 Å². The summed E-state index contributed by atoms with van der Waals surface area (Å²) in [6, 6.07) is 8.83. The summed E-state index contributed by atoms with van der Waals surface area (Å²) in [6.45, 7) is 1.48. The number of nitrogens with one attached hydrogen (secondary N) is 1. The van der Waals surface area contributed by atoms with Crippen LogP contribution in [-0.4, -0.2) is 30.2 Å². The molecule has 23 heavy (non-hydrogen) atoms. The van der Waals surface area contributed by atoms with Gasteiger partial charge in [0.2, 0.25) is 0 Å². The van der Waals surface area contributed by atoms with Crippen molar-refractivity contribution in [3.63, 3.8) is 0 Å². The van der Waals surface area contributed by atoms with E-state index in [9.17, 15) is 9.59 Å².